The van der Waals surface area contributed by atoms with Crippen LogP contribution in [0.25, 0.3) is 0 Å². The molecule has 0 bridgehead atoms. The fraction of sp³-hybridized carbons (Fsp3) is 0.286. The Morgan fingerprint density at radius 2 is 2.23 bits per heavy atom. The summed E-state index contributed by atoms with van der Waals surface area (Å²) in [5, 5.41) is 0.798. The molecule has 0 unspecified atom stereocenters. The normalized spacial score (nSPS) is 11.5. The number of halogens is 1. The van der Waals surface area contributed by atoms with Crippen LogP contribution in [0.5, 0.6) is 0 Å². The summed E-state index contributed by atoms with van der Waals surface area (Å²) in [6.45, 7) is 2.00. The second-order valence-electron chi connectivity index (χ2n) is 2.20. The Morgan fingerprint density at radius 1 is 1.54 bits per heavy atom. The highest BCUT2D eigenvalue weighted by atomic mass is 35.7. The highest BCUT2D eigenvalue weighted by Crippen LogP contribution is 2.18. The van der Waals surface area contributed by atoms with Crippen LogP contribution in [0, 0.1) is 0 Å². The number of rotatable bonds is 3. The molecule has 1 aromatic rings. The van der Waals surface area contributed by atoms with Crippen molar-refractivity contribution >= 4 is 31.5 Å². The lowest BCUT2D eigenvalue weighted by atomic mass is 10.5. The summed E-state index contributed by atoms with van der Waals surface area (Å²) < 4.78 is 21.6. The van der Waals surface area contributed by atoms with Gasteiger partial charge >= 0.3 is 0 Å². The van der Waals surface area contributed by atoms with E-state index in [2.05, 4.69) is 4.98 Å². The molecule has 0 aliphatic carbocycles. The van der Waals surface area contributed by atoms with E-state index in [1.807, 2.05) is 6.92 Å². The summed E-state index contributed by atoms with van der Waals surface area (Å²) in [5.74, 6) is 0.903. The van der Waals surface area contributed by atoms with Crippen molar-refractivity contribution in [2.24, 2.45) is 0 Å². The summed E-state index contributed by atoms with van der Waals surface area (Å²) in [6, 6.07) is 3.09. The molecule has 0 saturated heterocycles. The maximum Gasteiger partial charge on any atom is 0.262 e. The van der Waals surface area contributed by atoms with E-state index in [0.717, 1.165) is 10.8 Å². The quantitative estimate of drug-likeness (QED) is 0.597. The van der Waals surface area contributed by atoms with Crippen LogP contribution in [0.2, 0.25) is 0 Å². The number of hydrogen-bond donors (Lipinski definition) is 0. The number of nitrogens with zero attached hydrogens (tertiary/aromatic N) is 1. The smallest absolute Gasteiger partial charge is 0.249 e. The van der Waals surface area contributed by atoms with Gasteiger partial charge in [0.05, 0.1) is 5.03 Å². The van der Waals surface area contributed by atoms with Crippen LogP contribution in [-0.4, -0.2) is 19.2 Å². The summed E-state index contributed by atoms with van der Waals surface area (Å²) in [4.78, 5) is 3.97. The van der Waals surface area contributed by atoms with Gasteiger partial charge in [-0.05, 0) is 17.9 Å². The summed E-state index contributed by atoms with van der Waals surface area (Å²) in [5.41, 5.74) is 0. The summed E-state index contributed by atoms with van der Waals surface area (Å²) in [7, 11) is 1.48. The van der Waals surface area contributed by atoms with Gasteiger partial charge in [-0.25, -0.2) is 13.4 Å². The minimum absolute atomic E-state index is 0.0367. The standard InChI is InChI=1S/C7H8ClNO2S2/c1-2-12-7-4-3-6(5-9-7)13(8,10)11/h3-5H,2H2,1H3. The van der Waals surface area contributed by atoms with Crippen molar-refractivity contribution in [2.75, 3.05) is 5.75 Å². The number of pyridine rings is 1. The van der Waals surface area contributed by atoms with Crippen molar-refractivity contribution in [3.63, 3.8) is 0 Å². The van der Waals surface area contributed by atoms with Crippen LogP contribution in [0.15, 0.2) is 28.3 Å². The molecular weight excluding hydrogens is 230 g/mol. The van der Waals surface area contributed by atoms with Gasteiger partial charge in [-0.15, -0.1) is 11.8 Å². The molecule has 0 amide bonds. The molecule has 0 aliphatic rings. The largest absolute Gasteiger partial charge is 0.262 e. The molecule has 72 valence electrons. The van der Waals surface area contributed by atoms with Gasteiger partial charge in [-0.2, -0.15) is 0 Å². The average molecular weight is 238 g/mol. The molecule has 13 heavy (non-hydrogen) atoms. The molecular formula is C7H8ClNO2S2. The Balaban J connectivity index is 2.94. The van der Waals surface area contributed by atoms with Crippen LogP contribution in [0.3, 0.4) is 0 Å². The highest BCUT2D eigenvalue weighted by Gasteiger charge is 2.09. The number of hydrogen-bond acceptors (Lipinski definition) is 4. The predicted octanol–water partition coefficient (Wildman–Crippen LogP) is 2.12. The van der Waals surface area contributed by atoms with Crippen molar-refractivity contribution in [2.45, 2.75) is 16.8 Å². The van der Waals surface area contributed by atoms with Crippen LogP contribution < -0.4 is 0 Å². The Morgan fingerprint density at radius 3 is 2.62 bits per heavy atom. The molecule has 0 atom stereocenters. The van der Waals surface area contributed by atoms with Gasteiger partial charge in [0.2, 0.25) is 0 Å². The molecule has 0 radical (unpaired) electrons. The molecule has 1 rings (SSSR count). The molecule has 0 N–H and O–H groups in total. The third kappa shape index (κ3) is 3.17. The van der Waals surface area contributed by atoms with E-state index in [9.17, 15) is 8.42 Å². The van der Waals surface area contributed by atoms with Gasteiger partial charge in [0, 0.05) is 16.9 Å². The molecule has 0 saturated carbocycles. The highest BCUT2D eigenvalue weighted by molar-refractivity contribution is 8.13. The topological polar surface area (TPSA) is 47.0 Å². The fourth-order valence-corrected chi connectivity index (χ4v) is 2.01. The molecule has 1 aromatic heterocycles. The van der Waals surface area contributed by atoms with E-state index in [1.165, 1.54) is 12.3 Å². The first-order valence-electron chi connectivity index (χ1n) is 3.57. The lowest BCUT2D eigenvalue weighted by Gasteiger charge is -1.98. The van der Waals surface area contributed by atoms with Gasteiger partial charge in [-0.1, -0.05) is 6.92 Å². The van der Waals surface area contributed by atoms with Gasteiger partial charge in [0.15, 0.2) is 0 Å². The van der Waals surface area contributed by atoms with Crippen molar-refractivity contribution < 1.29 is 8.42 Å². The molecule has 0 aliphatic heterocycles. The molecule has 0 aromatic carbocycles. The Hall–Kier alpha value is -0.260. The first kappa shape index (κ1) is 10.8. The third-order valence-corrected chi connectivity index (χ3v) is 3.45. The Bertz CT molecular complexity index is 374. The average Bonchev–Trinajstić information content (AvgIpc) is 2.04. The monoisotopic (exact) mass is 237 g/mol. The molecule has 0 spiro atoms. The van der Waals surface area contributed by atoms with Crippen LogP contribution in [0.4, 0.5) is 0 Å². The van der Waals surface area contributed by atoms with E-state index in [0.29, 0.717) is 0 Å². The summed E-state index contributed by atoms with van der Waals surface area (Å²) >= 11 is 1.55. The first-order valence-corrected chi connectivity index (χ1v) is 6.87. The zero-order valence-electron chi connectivity index (χ0n) is 6.90. The lowest BCUT2D eigenvalue weighted by Crippen LogP contribution is -1.91. The maximum atomic E-state index is 10.8. The number of aromatic nitrogens is 1. The maximum absolute atomic E-state index is 10.8. The molecule has 0 fully saturated rings. The van der Waals surface area contributed by atoms with Gasteiger partial charge < -0.3 is 0 Å². The van der Waals surface area contributed by atoms with E-state index in [-0.39, 0.29) is 4.90 Å². The van der Waals surface area contributed by atoms with Crippen LogP contribution >= 0.6 is 22.4 Å². The van der Waals surface area contributed by atoms with E-state index < -0.39 is 9.05 Å². The zero-order valence-corrected chi connectivity index (χ0v) is 9.29. The van der Waals surface area contributed by atoms with E-state index in [4.69, 9.17) is 10.7 Å². The van der Waals surface area contributed by atoms with Crippen molar-refractivity contribution in [3.8, 4) is 0 Å². The SMILES string of the molecule is CCSc1ccc(S(=O)(=O)Cl)cn1. The minimum Gasteiger partial charge on any atom is -0.249 e. The van der Waals surface area contributed by atoms with Crippen molar-refractivity contribution in [1.82, 2.24) is 4.98 Å². The minimum atomic E-state index is -3.63. The van der Waals surface area contributed by atoms with Crippen LogP contribution in [0.1, 0.15) is 6.92 Å². The van der Waals surface area contributed by atoms with Gasteiger partial charge in [-0.3, -0.25) is 0 Å². The Labute approximate surface area is 85.9 Å². The van der Waals surface area contributed by atoms with E-state index in [1.54, 1.807) is 17.8 Å². The predicted molar refractivity (Wildman–Crippen MR) is 53.7 cm³/mol. The second kappa shape index (κ2) is 4.30. The Kier molecular flexibility index (Phi) is 3.58. The number of thioether (sulfide) groups is 1. The second-order valence-corrected chi connectivity index (χ2v) is 6.05. The van der Waals surface area contributed by atoms with Gasteiger partial charge in [0.25, 0.3) is 9.05 Å². The van der Waals surface area contributed by atoms with Crippen molar-refractivity contribution in [3.05, 3.63) is 18.3 Å². The van der Waals surface area contributed by atoms with Crippen molar-refractivity contribution in [1.29, 1.82) is 0 Å². The van der Waals surface area contributed by atoms with Crippen LogP contribution in [-0.2, 0) is 9.05 Å². The first-order chi connectivity index (χ1) is 6.04. The van der Waals surface area contributed by atoms with Gasteiger partial charge in [0.1, 0.15) is 4.90 Å². The zero-order chi connectivity index (χ0) is 9.90. The molecule has 6 heteroatoms. The lowest BCUT2D eigenvalue weighted by molar-refractivity contribution is 0.609. The summed E-state index contributed by atoms with van der Waals surface area (Å²) in [6.07, 6.45) is 1.26. The fourth-order valence-electron chi connectivity index (χ4n) is 0.744. The third-order valence-electron chi connectivity index (χ3n) is 1.28. The molecule has 1 heterocycles. The molecule has 3 nitrogen and oxygen atoms in total. The van der Waals surface area contributed by atoms with E-state index >= 15 is 0 Å².